The summed E-state index contributed by atoms with van der Waals surface area (Å²) in [5.74, 6) is -5.32. The first-order valence-corrected chi connectivity index (χ1v) is 13.2. The molecule has 2 amide bonds. The minimum atomic E-state index is -5.08. The van der Waals surface area contributed by atoms with Gasteiger partial charge in [0, 0.05) is 47.7 Å². The lowest BCUT2D eigenvalue weighted by molar-refractivity contribution is -0.193. The largest absolute Gasteiger partial charge is 0.490 e. The van der Waals surface area contributed by atoms with E-state index in [2.05, 4.69) is 4.98 Å². The Morgan fingerprint density at radius 2 is 1.48 bits per heavy atom. The Balaban J connectivity index is 0.000000402. The smallest absolute Gasteiger partial charge is 0.475 e. The molecule has 2 aliphatic heterocycles. The number of amides is 2. The molecule has 1 fully saturated rings. The van der Waals surface area contributed by atoms with E-state index in [4.69, 9.17) is 31.4 Å². The molecule has 17 heteroatoms. The summed E-state index contributed by atoms with van der Waals surface area (Å²) in [5.41, 5.74) is 2.74. The zero-order valence-corrected chi connectivity index (χ0v) is 24.2. The van der Waals surface area contributed by atoms with E-state index < -0.39 is 24.3 Å². The molecule has 1 aromatic heterocycles. The number of likely N-dealkylation sites (N-methyl/N-ethyl adjacent to an activating group) is 1. The predicted octanol–water partition coefficient (Wildman–Crippen LogP) is 4.01. The number of alkyl halides is 6. The number of nitrogens with zero attached hydrogens (tertiary/aromatic N) is 4. The molecule has 1 saturated heterocycles. The highest BCUT2D eigenvalue weighted by Crippen LogP contribution is 2.48. The first-order valence-electron chi connectivity index (χ1n) is 12.8. The van der Waals surface area contributed by atoms with Crippen LogP contribution in [0.2, 0.25) is 5.02 Å². The zero-order chi connectivity index (χ0) is 33.5. The lowest BCUT2D eigenvalue weighted by atomic mass is 9.74. The lowest BCUT2D eigenvalue weighted by Crippen LogP contribution is -2.48. The summed E-state index contributed by atoms with van der Waals surface area (Å²) in [6, 6.07) is 11.4. The Labute approximate surface area is 252 Å². The first-order chi connectivity index (χ1) is 20.3. The maximum Gasteiger partial charge on any atom is 0.490 e. The van der Waals surface area contributed by atoms with Crippen molar-refractivity contribution in [3.8, 4) is 0 Å². The molecule has 1 aromatic carbocycles. The molecule has 1 spiro atoms. The van der Waals surface area contributed by atoms with Crippen molar-refractivity contribution in [1.29, 1.82) is 0 Å². The Morgan fingerprint density at radius 1 is 0.932 bits per heavy atom. The number of fused-ring (bicyclic) bond motifs is 2. The SMILES string of the molecule is CN(C)CC(=O)N1CC2(CCN(C(=O)Cc3ccccn3)CC2)c2cc(Cl)ccc21.O=C(O)C(F)(F)F.O=C(O)C(F)(F)F. The van der Waals surface area contributed by atoms with Crippen LogP contribution in [0.15, 0.2) is 42.6 Å². The van der Waals surface area contributed by atoms with Gasteiger partial charge in [-0.3, -0.25) is 14.6 Å². The third-order valence-electron chi connectivity index (χ3n) is 6.65. The molecule has 2 N–H and O–H groups in total. The highest BCUT2D eigenvalue weighted by Gasteiger charge is 2.47. The number of pyridine rings is 1. The fourth-order valence-corrected chi connectivity index (χ4v) is 4.77. The maximum absolute atomic E-state index is 12.9. The second-order valence-corrected chi connectivity index (χ2v) is 10.6. The van der Waals surface area contributed by atoms with Crippen molar-refractivity contribution >= 4 is 41.0 Å². The molecule has 0 unspecified atom stereocenters. The fourth-order valence-electron chi connectivity index (χ4n) is 4.60. The molecule has 0 bridgehead atoms. The fraction of sp³-hybridized carbons (Fsp3) is 0.444. The normalized spacial score (nSPS) is 15.5. The van der Waals surface area contributed by atoms with Gasteiger partial charge in [0.25, 0.3) is 0 Å². The van der Waals surface area contributed by atoms with Gasteiger partial charge in [0.2, 0.25) is 11.8 Å². The number of aromatic nitrogens is 1. The first kappa shape index (κ1) is 36.3. The Hall–Kier alpha value is -3.92. The number of carboxylic acid groups (broad SMARTS) is 2. The average molecular weight is 655 g/mol. The number of hydrogen-bond donors (Lipinski definition) is 2. The third-order valence-corrected chi connectivity index (χ3v) is 6.89. The zero-order valence-electron chi connectivity index (χ0n) is 23.5. The summed E-state index contributed by atoms with van der Waals surface area (Å²) in [5, 5.41) is 14.9. The monoisotopic (exact) mass is 654 g/mol. The van der Waals surface area contributed by atoms with E-state index in [1.54, 1.807) is 6.20 Å². The number of anilines is 1. The number of aliphatic carboxylic acids is 2. The highest BCUT2D eigenvalue weighted by atomic mass is 35.5. The second kappa shape index (κ2) is 14.7. The van der Waals surface area contributed by atoms with E-state index in [1.807, 2.05) is 65.2 Å². The van der Waals surface area contributed by atoms with E-state index in [9.17, 15) is 35.9 Å². The van der Waals surface area contributed by atoms with Crippen molar-refractivity contribution in [1.82, 2.24) is 14.8 Å². The minimum Gasteiger partial charge on any atom is -0.475 e. The summed E-state index contributed by atoms with van der Waals surface area (Å²) in [6.45, 7) is 2.37. The van der Waals surface area contributed by atoms with Crippen molar-refractivity contribution in [2.24, 2.45) is 0 Å². The molecule has 0 saturated carbocycles. The molecule has 0 aliphatic carbocycles. The van der Waals surface area contributed by atoms with Crippen LogP contribution >= 0.6 is 11.6 Å². The molecule has 10 nitrogen and oxygen atoms in total. The molecular formula is C27H29ClF6N4O6. The third kappa shape index (κ3) is 10.1. The van der Waals surface area contributed by atoms with Crippen LogP contribution in [0, 0.1) is 0 Å². The minimum absolute atomic E-state index is 0.0918. The number of piperidine rings is 1. The lowest BCUT2D eigenvalue weighted by Gasteiger charge is -2.40. The Kier molecular flexibility index (Phi) is 12.1. The van der Waals surface area contributed by atoms with Gasteiger partial charge in [0.15, 0.2) is 0 Å². The Bertz CT molecular complexity index is 1310. The number of benzene rings is 1. The van der Waals surface area contributed by atoms with Crippen LogP contribution in [-0.2, 0) is 31.0 Å². The molecule has 0 atom stereocenters. The summed E-state index contributed by atoms with van der Waals surface area (Å²) < 4.78 is 63.5. The number of carboxylic acids is 2. The standard InChI is InChI=1S/C23H27ClN4O2.2C2HF3O2/c1-26(2)15-22(30)28-16-23(19-13-17(24)6-7-20(19)28)8-11-27(12-9-23)21(29)14-18-5-3-4-10-25-18;2*3-2(4,5)1(6)7/h3-7,10,13H,8-9,11-12,14-16H2,1-2H3;2*(H,6,7). The maximum atomic E-state index is 12.9. The van der Waals surface area contributed by atoms with Crippen molar-refractivity contribution < 1.29 is 55.7 Å². The number of carbonyl (C=O) groups is 4. The van der Waals surface area contributed by atoms with Crippen molar-refractivity contribution in [2.45, 2.75) is 37.0 Å². The van der Waals surface area contributed by atoms with E-state index >= 15 is 0 Å². The topological polar surface area (TPSA) is 131 Å². The van der Waals surface area contributed by atoms with Gasteiger partial charge in [-0.25, -0.2) is 9.59 Å². The predicted molar refractivity (Wildman–Crippen MR) is 145 cm³/mol. The van der Waals surface area contributed by atoms with Crippen LogP contribution in [0.1, 0.15) is 24.1 Å². The molecule has 2 aromatic rings. The molecule has 0 radical (unpaired) electrons. The van der Waals surface area contributed by atoms with Crippen molar-refractivity contribution in [2.75, 3.05) is 45.2 Å². The van der Waals surface area contributed by atoms with Gasteiger partial charge in [0.05, 0.1) is 13.0 Å². The molecule has 44 heavy (non-hydrogen) atoms. The number of likely N-dealkylation sites (tertiary alicyclic amines) is 1. The van der Waals surface area contributed by atoms with Crippen molar-refractivity contribution in [3.05, 3.63) is 58.9 Å². The quantitative estimate of drug-likeness (QED) is 0.473. The van der Waals surface area contributed by atoms with Crippen LogP contribution in [0.4, 0.5) is 32.0 Å². The van der Waals surface area contributed by atoms with Crippen LogP contribution in [-0.4, -0.2) is 101 Å². The van der Waals surface area contributed by atoms with Crippen LogP contribution < -0.4 is 4.90 Å². The van der Waals surface area contributed by atoms with Crippen molar-refractivity contribution in [3.63, 3.8) is 0 Å². The number of halogens is 7. The van der Waals surface area contributed by atoms with Gasteiger partial charge in [-0.1, -0.05) is 17.7 Å². The van der Waals surface area contributed by atoms with E-state index in [0.29, 0.717) is 37.6 Å². The van der Waals surface area contributed by atoms with Gasteiger partial charge in [-0.15, -0.1) is 0 Å². The number of rotatable bonds is 4. The molecule has 2 aliphatic rings. The van der Waals surface area contributed by atoms with Gasteiger partial charge >= 0.3 is 24.3 Å². The van der Waals surface area contributed by atoms with E-state index in [1.165, 1.54) is 0 Å². The van der Waals surface area contributed by atoms with Gasteiger partial charge in [-0.2, -0.15) is 26.3 Å². The van der Waals surface area contributed by atoms with E-state index in [0.717, 1.165) is 29.8 Å². The summed E-state index contributed by atoms with van der Waals surface area (Å²) in [4.78, 5) is 53.4. The Morgan fingerprint density at radius 3 is 1.93 bits per heavy atom. The van der Waals surface area contributed by atoms with Gasteiger partial charge < -0.3 is 24.9 Å². The van der Waals surface area contributed by atoms with E-state index in [-0.39, 0.29) is 17.2 Å². The van der Waals surface area contributed by atoms with Crippen LogP contribution in [0.5, 0.6) is 0 Å². The molecule has 3 heterocycles. The summed E-state index contributed by atoms with van der Waals surface area (Å²) in [6.07, 6.45) is -6.49. The van der Waals surface area contributed by atoms with Gasteiger partial charge in [0.1, 0.15) is 0 Å². The molecule has 4 rings (SSSR count). The summed E-state index contributed by atoms with van der Waals surface area (Å²) in [7, 11) is 3.80. The number of carbonyl (C=O) groups excluding carboxylic acids is 2. The molecule has 242 valence electrons. The number of hydrogen-bond acceptors (Lipinski definition) is 6. The summed E-state index contributed by atoms with van der Waals surface area (Å²) >= 11 is 6.32. The van der Waals surface area contributed by atoms with Crippen LogP contribution in [0.25, 0.3) is 0 Å². The average Bonchev–Trinajstić information content (AvgIpc) is 3.22. The van der Waals surface area contributed by atoms with Gasteiger partial charge in [-0.05, 0) is 62.8 Å². The molecular weight excluding hydrogens is 626 g/mol. The highest BCUT2D eigenvalue weighted by molar-refractivity contribution is 6.30. The second-order valence-electron chi connectivity index (χ2n) is 10.1. The van der Waals surface area contributed by atoms with Crippen LogP contribution in [0.3, 0.4) is 0 Å².